The number of nitrogens with one attached hydrogen (secondary N) is 2. The van der Waals surface area contributed by atoms with Crippen molar-refractivity contribution in [2.24, 2.45) is 0 Å². The largest absolute Gasteiger partial charge is 0.394 e. The highest BCUT2D eigenvalue weighted by atomic mass is 32.1. The molecule has 0 saturated heterocycles. The normalized spacial score (nSPS) is 12.8. The second-order valence-electron chi connectivity index (χ2n) is 8.37. The molecular formula is C24H41N3O4S. The molecule has 4 N–H and O–H groups in total. The lowest BCUT2D eigenvalue weighted by molar-refractivity contribution is -0.384. The van der Waals surface area contributed by atoms with Crippen LogP contribution < -0.4 is 10.6 Å². The molecule has 0 saturated carbocycles. The molecule has 0 unspecified atom stereocenters. The molecule has 0 radical (unpaired) electrons. The summed E-state index contributed by atoms with van der Waals surface area (Å²) in [7, 11) is 0. The number of rotatable bonds is 18. The first-order valence-electron chi connectivity index (χ1n) is 12.1. The van der Waals surface area contributed by atoms with E-state index in [1.807, 2.05) is 0 Å². The molecule has 1 aromatic carbocycles. The smallest absolute Gasteiger partial charge is 0.269 e. The van der Waals surface area contributed by atoms with Gasteiger partial charge in [0.05, 0.1) is 17.6 Å². The van der Waals surface area contributed by atoms with Gasteiger partial charge in [-0.2, -0.15) is 0 Å². The minimum absolute atomic E-state index is 0.0472. The van der Waals surface area contributed by atoms with E-state index >= 15 is 0 Å². The molecule has 2 atom stereocenters. The van der Waals surface area contributed by atoms with E-state index in [1.165, 1.54) is 88.5 Å². The first kappa shape index (κ1) is 28.3. The van der Waals surface area contributed by atoms with Crippen molar-refractivity contribution in [3.63, 3.8) is 0 Å². The minimum atomic E-state index is -1.04. The van der Waals surface area contributed by atoms with Crippen molar-refractivity contribution < 1.29 is 15.1 Å². The van der Waals surface area contributed by atoms with Crippen molar-refractivity contribution in [1.29, 1.82) is 0 Å². The number of non-ortho nitro benzene ring substituents is 1. The van der Waals surface area contributed by atoms with Crippen molar-refractivity contribution >= 4 is 23.0 Å². The molecule has 7 nitrogen and oxygen atoms in total. The Hall–Kier alpha value is -1.77. The molecule has 0 aliphatic rings. The summed E-state index contributed by atoms with van der Waals surface area (Å²) in [6.45, 7) is 2.67. The Morgan fingerprint density at radius 3 is 1.94 bits per heavy atom. The number of aliphatic hydroxyl groups excluding tert-OH is 2. The van der Waals surface area contributed by atoms with Gasteiger partial charge in [-0.25, -0.2) is 0 Å². The standard InChI is InChI=1S/C24H41N3O4S/c1-2-3-4-5-6-7-8-9-10-11-12-13-18-25-24(32)26-22(19-28)23(29)20-14-16-21(17-15-20)27(30)31/h14-17,22-23,28-29H,2-13,18-19H2,1H3,(H2,25,26,32)/t22-,23-/m1/s1. The summed E-state index contributed by atoms with van der Waals surface area (Å²) in [4.78, 5) is 10.3. The fraction of sp³-hybridized carbons (Fsp3) is 0.708. The van der Waals surface area contributed by atoms with Crippen LogP contribution in [0, 0.1) is 10.1 Å². The van der Waals surface area contributed by atoms with Crippen LogP contribution in [0.4, 0.5) is 5.69 Å². The summed E-state index contributed by atoms with van der Waals surface area (Å²) >= 11 is 5.27. The van der Waals surface area contributed by atoms with E-state index in [2.05, 4.69) is 17.6 Å². The first-order valence-corrected chi connectivity index (χ1v) is 12.5. The van der Waals surface area contributed by atoms with Crippen LogP contribution in [0.3, 0.4) is 0 Å². The highest BCUT2D eigenvalue weighted by Gasteiger charge is 2.21. The molecule has 32 heavy (non-hydrogen) atoms. The second kappa shape index (κ2) is 17.7. The molecule has 182 valence electrons. The Labute approximate surface area is 198 Å². The maximum Gasteiger partial charge on any atom is 0.269 e. The SMILES string of the molecule is CCCCCCCCCCCCCCNC(=S)N[C@H](CO)[C@H](O)c1ccc([N+](=O)[O-])cc1. The molecule has 0 heterocycles. The predicted octanol–water partition coefficient (Wildman–Crippen LogP) is 5.15. The van der Waals surface area contributed by atoms with E-state index in [4.69, 9.17) is 12.2 Å². The molecule has 0 fully saturated rings. The molecule has 0 amide bonds. The van der Waals surface area contributed by atoms with Crippen LogP contribution in [0.1, 0.15) is 95.6 Å². The Balaban J connectivity index is 2.12. The van der Waals surface area contributed by atoms with E-state index in [9.17, 15) is 20.3 Å². The lowest BCUT2D eigenvalue weighted by Gasteiger charge is -2.24. The Morgan fingerprint density at radius 1 is 0.969 bits per heavy atom. The third-order valence-electron chi connectivity index (χ3n) is 5.66. The van der Waals surface area contributed by atoms with Crippen molar-refractivity contribution in [1.82, 2.24) is 10.6 Å². The van der Waals surface area contributed by atoms with E-state index in [0.29, 0.717) is 10.7 Å². The van der Waals surface area contributed by atoms with Gasteiger partial charge in [0.2, 0.25) is 0 Å². The lowest BCUT2D eigenvalue weighted by Crippen LogP contribution is -2.46. The van der Waals surface area contributed by atoms with Gasteiger partial charge in [0, 0.05) is 18.7 Å². The van der Waals surface area contributed by atoms with E-state index in [-0.39, 0.29) is 12.3 Å². The summed E-state index contributed by atoms with van der Waals surface area (Å²) in [5.41, 5.74) is 0.431. The van der Waals surface area contributed by atoms with Crippen molar-refractivity contribution in [2.45, 2.75) is 96.1 Å². The molecule has 0 spiro atoms. The van der Waals surface area contributed by atoms with Gasteiger partial charge in [-0.05, 0) is 36.3 Å². The van der Waals surface area contributed by atoms with Gasteiger partial charge in [-0.3, -0.25) is 10.1 Å². The van der Waals surface area contributed by atoms with Crippen LogP contribution in [0.5, 0.6) is 0 Å². The van der Waals surface area contributed by atoms with E-state index in [0.717, 1.165) is 19.4 Å². The van der Waals surface area contributed by atoms with Gasteiger partial charge < -0.3 is 20.8 Å². The predicted molar refractivity (Wildman–Crippen MR) is 134 cm³/mol. The van der Waals surface area contributed by atoms with Crippen LogP contribution in [-0.4, -0.2) is 39.4 Å². The van der Waals surface area contributed by atoms with Crippen molar-refractivity contribution in [2.75, 3.05) is 13.2 Å². The average molecular weight is 468 g/mol. The molecule has 8 heteroatoms. The van der Waals surface area contributed by atoms with Gasteiger partial charge in [0.15, 0.2) is 5.11 Å². The molecular weight excluding hydrogens is 426 g/mol. The summed E-state index contributed by atoms with van der Waals surface area (Å²) in [6, 6.07) is 4.93. The molecule has 0 aliphatic carbocycles. The van der Waals surface area contributed by atoms with Crippen LogP contribution in [-0.2, 0) is 0 Å². The van der Waals surface area contributed by atoms with Gasteiger partial charge in [-0.15, -0.1) is 0 Å². The number of aliphatic hydroxyl groups is 2. The molecule has 1 aromatic rings. The highest BCUT2D eigenvalue weighted by Crippen LogP contribution is 2.20. The summed E-state index contributed by atoms with van der Waals surface area (Å²) in [5.74, 6) is 0. The van der Waals surface area contributed by atoms with E-state index in [1.54, 1.807) is 0 Å². The fourth-order valence-corrected chi connectivity index (χ4v) is 3.89. The quantitative estimate of drug-likeness (QED) is 0.102. The lowest BCUT2D eigenvalue weighted by atomic mass is 10.0. The number of nitro benzene ring substituents is 1. The summed E-state index contributed by atoms with van der Waals surface area (Å²) in [6.07, 6.45) is 14.5. The zero-order valence-corrected chi connectivity index (χ0v) is 20.2. The van der Waals surface area contributed by atoms with E-state index < -0.39 is 17.1 Å². The van der Waals surface area contributed by atoms with Crippen LogP contribution >= 0.6 is 12.2 Å². The zero-order valence-electron chi connectivity index (χ0n) is 19.4. The fourth-order valence-electron chi connectivity index (χ4n) is 3.64. The number of nitro groups is 1. The van der Waals surface area contributed by atoms with Gasteiger partial charge >= 0.3 is 0 Å². The van der Waals surface area contributed by atoms with Crippen LogP contribution in [0.25, 0.3) is 0 Å². The number of nitrogens with zero attached hydrogens (tertiary/aromatic N) is 1. The Morgan fingerprint density at radius 2 is 1.47 bits per heavy atom. The zero-order chi connectivity index (χ0) is 23.6. The van der Waals surface area contributed by atoms with Crippen LogP contribution in [0.2, 0.25) is 0 Å². The molecule has 0 aliphatic heterocycles. The summed E-state index contributed by atoms with van der Waals surface area (Å²) in [5, 5.41) is 37.3. The van der Waals surface area contributed by atoms with Gasteiger partial charge in [0.25, 0.3) is 5.69 Å². The minimum Gasteiger partial charge on any atom is -0.394 e. The van der Waals surface area contributed by atoms with Crippen molar-refractivity contribution in [3.05, 3.63) is 39.9 Å². The average Bonchev–Trinajstić information content (AvgIpc) is 2.80. The number of unbranched alkanes of at least 4 members (excludes halogenated alkanes) is 11. The molecule has 0 aromatic heterocycles. The number of hydrogen-bond donors (Lipinski definition) is 4. The topological polar surface area (TPSA) is 108 Å². The highest BCUT2D eigenvalue weighted by molar-refractivity contribution is 7.80. The Kier molecular flexibility index (Phi) is 15.7. The second-order valence-corrected chi connectivity index (χ2v) is 8.78. The monoisotopic (exact) mass is 467 g/mol. The van der Waals surface area contributed by atoms with Gasteiger partial charge in [0.1, 0.15) is 6.10 Å². The maximum atomic E-state index is 10.7. The number of thiocarbonyl (C=S) groups is 1. The van der Waals surface area contributed by atoms with Gasteiger partial charge in [-0.1, -0.05) is 77.6 Å². The van der Waals surface area contributed by atoms with Crippen molar-refractivity contribution in [3.8, 4) is 0 Å². The number of benzene rings is 1. The first-order chi connectivity index (χ1) is 15.5. The number of hydrogen-bond acceptors (Lipinski definition) is 5. The third kappa shape index (κ3) is 12.3. The van der Waals surface area contributed by atoms with Crippen LogP contribution in [0.15, 0.2) is 24.3 Å². The third-order valence-corrected chi connectivity index (χ3v) is 5.92. The molecule has 1 rings (SSSR count). The maximum absolute atomic E-state index is 10.7. The summed E-state index contributed by atoms with van der Waals surface area (Å²) < 4.78 is 0. The Bertz CT molecular complexity index is 643. The molecule has 0 bridgehead atoms.